The Hall–Kier alpha value is -2.18. The van der Waals surface area contributed by atoms with Gasteiger partial charge in [-0.1, -0.05) is 51.0 Å². The van der Waals surface area contributed by atoms with E-state index in [4.69, 9.17) is 0 Å². The highest BCUT2D eigenvalue weighted by atomic mass is 14.8. The summed E-state index contributed by atoms with van der Waals surface area (Å²) in [5.74, 6) is 0. The first-order valence-corrected chi connectivity index (χ1v) is 8.66. The molecule has 23 heavy (non-hydrogen) atoms. The Bertz CT molecular complexity index is 577. The average Bonchev–Trinajstić information content (AvgIpc) is 2.60. The van der Waals surface area contributed by atoms with Crippen LogP contribution in [0.4, 0.5) is 11.4 Å². The van der Waals surface area contributed by atoms with E-state index in [2.05, 4.69) is 54.1 Å². The number of aliphatic imine (C=N–C) groups is 2. The van der Waals surface area contributed by atoms with Gasteiger partial charge in [-0.2, -0.15) is 9.98 Å². The molecule has 0 unspecified atom stereocenters. The van der Waals surface area contributed by atoms with Crippen LogP contribution in [-0.2, 0) is 12.8 Å². The minimum atomic E-state index is 0.897. The molecule has 0 radical (unpaired) electrons. The first kappa shape index (κ1) is 17.2. The second-order valence-electron chi connectivity index (χ2n) is 5.86. The zero-order chi connectivity index (χ0) is 16.3. The van der Waals surface area contributed by atoms with Crippen molar-refractivity contribution in [2.24, 2.45) is 9.98 Å². The Kier molecular flexibility index (Phi) is 7.29. The molecule has 2 rings (SSSR count). The highest BCUT2D eigenvalue weighted by Gasteiger charge is 1.94. The molecule has 0 amide bonds. The molecule has 2 aromatic carbocycles. The van der Waals surface area contributed by atoms with Crippen molar-refractivity contribution >= 4 is 17.4 Å². The van der Waals surface area contributed by atoms with Gasteiger partial charge in [0.25, 0.3) is 0 Å². The van der Waals surface area contributed by atoms with Crippen LogP contribution in [0.25, 0.3) is 0 Å². The van der Waals surface area contributed by atoms with Crippen LogP contribution in [0, 0.1) is 0 Å². The van der Waals surface area contributed by atoms with Gasteiger partial charge in [0.2, 0.25) is 0 Å². The predicted molar refractivity (Wildman–Crippen MR) is 99.3 cm³/mol. The quantitative estimate of drug-likeness (QED) is 0.497. The fraction of sp³-hybridized carbons (Fsp3) is 0.381. The summed E-state index contributed by atoms with van der Waals surface area (Å²) in [6, 6.07) is 19.5. The molecule has 0 aromatic heterocycles. The standard InChI is InChI=1S/C21H26N2/c1-3-5-7-18-9-13-20(14-10-18)22-17-23-21-15-11-19(12-16-21)8-6-4-2/h9-16H,3-8H2,1-2H3. The summed E-state index contributed by atoms with van der Waals surface area (Å²) >= 11 is 0. The van der Waals surface area contributed by atoms with Gasteiger partial charge >= 0.3 is 0 Å². The highest BCUT2D eigenvalue weighted by Crippen LogP contribution is 2.16. The molecular weight excluding hydrogens is 280 g/mol. The molecule has 0 aliphatic heterocycles. The van der Waals surface area contributed by atoms with E-state index >= 15 is 0 Å². The van der Waals surface area contributed by atoms with E-state index in [0.717, 1.165) is 24.2 Å². The van der Waals surface area contributed by atoms with Gasteiger partial charge in [-0.3, -0.25) is 0 Å². The number of aryl methyl sites for hydroxylation is 2. The Morgan fingerprint density at radius 2 is 1.04 bits per heavy atom. The van der Waals surface area contributed by atoms with Crippen LogP contribution in [0.2, 0.25) is 0 Å². The van der Waals surface area contributed by atoms with Gasteiger partial charge in [0, 0.05) is 0 Å². The molecule has 0 spiro atoms. The first-order chi connectivity index (χ1) is 11.3. The summed E-state index contributed by atoms with van der Waals surface area (Å²) in [4.78, 5) is 8.56. The van der Waals surface area contributed by atoms with E-state index in [-0.39, 0.29) is 0 Å². The van der Waals surface area contributed by atoms with Gasteiger partial charge in [0.15, 0.2) is 0 Å². The highest BCUT2D eigenvalue weighted by molar-refractivity contribution is 5.58. The predicted octanol–water partition coefficient (Wildman–Crippen LogP) is 6.51. The molecule has 0 atom stereocenters. The van der Waals surface area contributed by atoms with Crippen molar-refractivity contribution < 1.29 is 0 Å². The van der Waals surface area contributed by atoms with Crippen molar-refractivity contribution in [1.82, 2.24) is 0 Å². The summed E-state index contributed by atoms with van der Waals surface area (Å²) in [5.41, 5.74) is 4.53. The summed E-state index contributed by atoms with van der Waals surface area (Å²) in [5, 5.41) is 0. The lowest BCUT2D eigenvalue weighted by atomic mass is 10.1. The third kappa shape index (κ3) is 6.22. The number of rotatable bonds is 8. The molecule has 0 aliphatic carbocycles. The molecule has 120 valence electrons. The topological polar surface area (TPSA) is 24.7 Å². The van der Waals surface area contributed by atoms with E-state index in [0.29, 0.717) is 0 Å². The molecule has 0 saturated heterocycles. The number of nitrogens with zero attached hydrogens (tertiary/aromatic N) is 2. The zero-order valence-corrected chi connectivity index (χ0v) is 14.3. The van der Waals surface area contributed by atoms with E-state index < -0.39 is 0 Å². The number of hydrogen-bond donors (Lipinski definition) is 0. The fourth-order valence-electron chi connectivity index (χ4n) is 2.38. The molecule has 0 heterocycles. The van der Waals surface area contributed by atoms with Crippen LogP contribution >= 0.6 is 0 Å². The Balaban J connectivity index is 1.94. The number of hydrogen-bond acceptors (Lipinski definition) is 2. The van der Waals surface area contributed by atoms with Gasteiger partial charge in [0.1, 0.15) is 6.01 Å². The summed E-state index contributed by atoms with van der Waals surface area (Å²) in [6.45, 7) is 4.43. The first-order valence-electron chi connectivity index (χ1n) is 8.66. The maximum atomic E-state index is 4.28. The van der Waals surface area contributed by atoms with Crippen LogP contribution in [0.15, 0.2) is 58.5 Å². The van der Waals surface area contributed by atoms with E-state index in [9.17, 15) is 0 Å². The number of unbranched alkanes of at least 4 members (excludes halogenated alkanes) is 2. The van der Waals surface area contributed by atoms with Crippen molar-refractivity contribution in [3.8, 4) is 0 Å². The van der Waals surface area contributed by atoms with Gasteiger partial charge in [-0.15, -0.1) is 0 Å². The van der Waals surface area contributed by atoms with Crippen LogP contribution < -0.4 is 0 Å². The number of benzene rings is 2. The van der Waals surface area contributed by atoms with Crippen LogP contribution in [0.3, 0.4) is 0 Å². The molecule has 0 bridgehead atoms. The average molecular weight is 306 g/mol. The van der Waals surface area contributed by atoms with Gasteiger partial charge in [0.05, 0.1) is 11.4 Å². The lowest BCUT2D eigenvalue weighted by molar-refractivity contribution is 0.795. The van der Waals surface area contributed by atoms with Crippen molar-refractivity contribution in [2.45, 2.75) is 52.4 Å². The largest absolute Gasteiger partial charge is 0.188 e. The lowest BCUT2D eigenvalue weighted by Crippen LogP contribution is -1.82. The Morgan fingerprint density at radius 3 is 1.39 bits per heavy atom. The molecule has 2 heteroatoms. The minimum absolute atomic E-state index is 0.897. The molecular formula is C21H26N2. The Morgan fingerprint density at radius 1 is 0.652 bits per heavy atom. The van der Waals surface area contributed by atoms with E-state index in [1.165, 1.54) is 36.8 Å². The summed E-state index contributed by atoms with van der Waals surface area (Å²) < 4.78 is 0. The van der Waals surface area contributed by atoms with Gasteiger partial charge in [-0.05, 0) is 61.1 Å². The van der Waals surface area contributed by atoms with Gasteiger partial charge < -0.3 is 0 Å². The zero-order valence-electron chi connectivity index (χ0n) is 14.3. The van der Waals surface area contributed by atoms with Crippen molar-refractivity contribution in [2.75, 3.05) is 0 Å². The lowest BCUT2D eigenvalue weighted by Gasteiger charge is -1.99. The molecule has 0 saturated carbocycles. The monoisotopic (exact) mass is 306 g/mol. The van der Waals surface area contributed by atoms with E-state index in [1.54, 1.807) is 0 Å². The Labute approximate surface area is 140 Å². The van der Waals surface area contributed by atoms with Gasteiger partial charge in [-0.25, -0.2) is 0 Å². The third-order valence-electron chi connectivity index (χ3n) is 3.87. The second-order valence-corrected chi connectivity index (χ2v) is 5.86. The van der Waals surface area contributed by atoms with Crippen LogP contribution in [0.1, 0.15) is 50.7 Å². The second kappa shape index (κ2) is 9.76. The fourth-order valence-corrected chi connectivity index (χ4v) is 2.38. The minimum Gasteiger partial charge on any atom is -0.188 e. The molecule has 0 fully saturated rings. The smallest absolute Gasteiger partial charge is 0.100 e. The molecule has 2 nitrogen and oxygen atoms in total. The SMILES string of the molecule is CCCCc1ccc(N=C=Nc2ccc(CCCC)cc2)cc1. The maximum absolute atomic E-state index is 4.28. The van der Waals surface area contributed by atoms with Crippen molar-refractivity contribution in [3.63, 3.8) is 0 Å². The van der Waals surface area contributed by atoms with Crippen molar-refractivity contribution in [3.05, 3.63) is 59.7 Å². The molecule has 0 N–H and O–H groups in total. The van der Waals surface area contributed by atoms with Crippen LogP contribution in [-0.4, -0.2) is 6.01 Å². The van der Waals surface area contributed by atoms with E-state index in [1.807, 2.05) is 24.3 Å². The molecule has 0 aliphatic rings. The van der Waals surface area contributed by atoms with Crippen LogP contribution in [0.5, 0.6) is 0 Å². The molecule has 2 aromatic rings. The maximum Gasteiger partial charge on any atom is 0.100 e. The van der Waals surface area contributed by atoms with Crippen molar-refractivity contribution in [1.29, 1.82) is 0 Å². The summed E-state index contributed by atoms with van der Waals surface area (Å²) in [7, 11) is 0. The summed E-state index contributed by atoms with van der Waals surface area (Å²) in [6.07, 6.45) is 7.20. The third-order valence-corrected chi connectivity index (χ3v) is 3.87. The normalized spacial score (nSPS) is 10.2.